The zero-order valence-electron chi connectivity index (χ0n) is 6.46. The average Bonchev–Trinajstić information content (AvgIpc) is 2.35. The molecule has 3 nitrogen and oxygen atoms in total. The van der Waals surface area contributed by atoms with E-state index >= 15 is 0 Å². The maximum atomic E-state index is 10.7. The van der Waals surface area contributed by atoms with Crippen molar-refractivity contribution < 1.29 is 9.53 Å². The monoisotopic (exact) mass is 171 g/mol. The zero-order chi connectivity index (χ0) is 8.27. The molecule has 0 aliphatic rings. The molecular weight excluding hydrogens is 162 g/mol. The predicted octanol–water partition coefficient (Wildman–Crippen LogP) is 1.77. The summed E-state index contributed by atoms with van der Waals surface area (Å²) in [5, 5.41) is 2.63. The van der Waals surface area contributed by atoms with Gasteiger partial charge in [0.15, 0.2) is 0 Å². The van der Waals surface area contributed by atoms with Crippen LogP contribution in [0.2, 0.25) is 0 Å². The third-order valence-corrected chi connectivity index (χ3v) is 1.86. The molecule has 0 aliphatic carbocycles. The Balaban J connectivity index is 2.57. The summed E-state index contributed by atoms with van der Waals surface area (Å²) in [7, 11) is 0. The first-order chi connectivity index (χ1) is 5.22. The fourth-order valence-corrected chi connectivity index (χ4v) is 1.09. The Morgan fingerprint density at radius 2 is 2.55 bits per heavy atom. The van der Waals surface area contributed by atoms with Crippen LogP contribution in [0.15, 0.2) is 5.38 Å². The van der Waals surface area contributed by atoms with Crippen molar-refractivity contribution in [2.24, 2.45) is 0 Å². The van der Waals surface area contributed by atoms with Gasteiger partial charge in [-0.3, -0.25) is 4.79 Å². The number of rotatable bonds is 2. The van der Waals surface area contributed by atoms with Crippen LogP contribution in [0.5, 0.6) is 5.88 Å². The number of hydrogen-bond acceptors (Lipinski definition) is 4. The van der Waals surface area contributed by atoms with E-state index < -0.39 is 0 Å². The Morgan fingerprint density at radius 1 is 1.82 bits per heavy atom. The Hall–Kier alpha value is -0.900. The Bertz CT molecular complexity index is 257. The van der Waals surface area contributed by atoms with Gasteiger partial charge >= 0.3 is 5.97 Å². The number of aromatic nitrogens is 1. The van der Waals surface area contributed by atoms with E-state index in [1.165, 1.54) is 11.3 Å². The highest BCUT2D eigenvalue weighted by molar-refractivity contribution is 7.09. The van der Waals surface area contributed by atoms with E-state index in [0.29, 0.717) is 12.3 Å². The highest BCUT2D eigenvalue weighted by atomic mass is 32.1. The second kappa shape index (κ2) is 3.48. The molecule has 60 valence electrons. The van der Waals surface area contributed by atoms with Gasteiger partial charge in [-0.25, -0.2) is 4.98 Å². The standard InChI is InChI=1S/C7H9NO2S/c1-3-7(9)10-6-4-11-5(2)8-6/h4H,3H2,1-2H3. The second-order valence-corrected chi connectivity index (χ2v) is 3.09. The van der Waals surface area contributed by atoms with Crippen molar-refractivity contribution in [1.29, 1.82) is 0 Å². The summed E-state index contributed by atoms with van der Waals surface area (Å²) in [6.07, 6.45) is 0.385. The van der Waals surface area contributed by atoms with Gasteiger partial charge in [-0.1, -0.05) is 6.92 Å². The quantitative estimate of drug-likeness (QED) is 0.636. The molecule has 0 bridgehead atoms. The second-order valence-electron chi connectivity index (χ2n) is 2.03. The summed E-state index contributed by atoms with van der Waals surface area (Å²) in [5.74, 6) is 0.176. The molecule has 0 saturated carbocycles. The summed E-state index contributed by atoms with van der Waals surface area (Å²) in [6, 6.07) is 0. The Labute approximate surface area is 69.0 Å². The molecule has 0 fully saturated rings. The van der Waals surface area contributed by atoms with Crippen LogP contribution in [0.25, 0.3) is 0 Å². The first-order valence-corrected chi connectivity index (χ1v) is 4.23. The number of carbonyl (C=O) groups excluding carboxylic acids is 1. The molecule has 4 heteroatoms. The van der Waals surface area contributed by atoms with Crippen LogP contribution >= 0.6 is 11.3 Å². The number of nitrogens with zero attached hydrogens (tertiary/aromatic N) is 1. The molecule has 0 unspecified atom stereocenters. The van der Waals surface area contributed by atoms with Gasteiger partial charge in [0, 0.05) is 6.42 Å². The van der Waals surface area contributed by atoms with Gasteiger partial charge in [-0.15, -0.1) is 11.3 Å². The van der Waals surface area contributed by atoms with E-state index in [1.54, 1.807) is 12.3 Å². The molecule has 0 aromatic carbocycles. The minimum absolute atomic E-state index is 0.240. The molecule has 0 atom stereocenters. The minimum Gasteiger partial charge on any atom is -0.407 e. The van der Waals surface area contributed by atoms with Crippen molar-refractivity contribution >= 4 is 17.3 Å². The smallest absolute Gasteiger partial charge is 0.312 e. The van der Waals surface area contributed by atoms with Crippen LogP contribution < -0.4 is 4.74 Å². The topological polar surface area (TPSA) is 39.2 Å². The normalized spacial score (nSPS) is 9.64. The fourth-order valence-electron chi connectivity index (χ4n) is 0.579. The van der Waals surface area contributed by atoms with E-state index in [-0.39, 0.29) is 5.97 Å². The van der Waals surface area contributed by atoms with Crippen molar-refractivity contribution in [3.8, 4) is 5.88 Å². The Morgan fingerprint density at radius 3 is 3.00 bits per heavy atom. The number of ether oxygens (including phenoxy) is 1. The summed E-state index contributed by atoms with van der Waals surface area (Å²) in [6.45, 7) is 3.62. The van der Waals surface area contributed by atoms with Gasteiger partial charge in [-0.05, 0) is 6.92 Å². The molecule has 0 saturated heterocycles. The average molecular weight is 171 g/mol. The van der Waals surface area contributed by atoms with Crippen LogP contribution in [0.1, 0.15) is 18.4 Å². The lowest BCUT2D eigenvalue weighted by molar-refractivity contribution is -0.134. The molecule has 0 radical (unpaired) electrons. The Kier molecular flexibility index (Phi) is 2.59. The van der Waals surface area contributed by atoms with Crippen molar-refractivity contribution in [2.45, 2.75) is 20.3 Å². The highest BCUT2D eigenvalue weighted by Gasteiger charge is 2.03. The highest BCUT2D eigenvalue weighted by Crippen LogP contribution is 2.15. The predicted molar refractivity (Wildman–Crippen MR) is 42.8 cm³/mol. The third-order valence-electron chi connectivity index (χ3n) is 1.11. The van der Waals surface area contributed by atoms with Crippen LogP contribution in [-0.4, -0.2) is 11.0 Å². The number of esters is 1. The van der Waals surface area contributed by atoms with Crippen molar-refractivity contribution in [3.05, 3.63) is 10.4 Å². The van der Waals surface area contributed by atoms with E-state index in [4.69, 9.17) is 4.74 Å². The molecule has 0 amide bonds. The summed E-state index contributed by atoms with van der Waals surface area (Å²) < 4.78 is 4.84. The summed E-state index contributed by atoms with van der Waals surface area (Å²) in [4.78, 5) is 14.7. The maximum absolute atomic E-state index is 10.7. The molecule has 0 aliphatic heterocycles. The number of aryl methyl sites for hydroxylation is 1. The lowest BCUT2D eigenvalue weighted by Gasteiger charge is -1.94. The van der Waals surface area contributed by atoms with Gasteiger partial charge < -0.3 is 4.74 Å². The van der Waals surface area contributed by atoms with Crippen LogP contribution in [-0.2, 0) is 4.79 Å². The molecule has 1 rings (SSSR count). The first kappa shape index (κ1) is 8.20. The number of carbonyl (C=O) groups is 1. The largest absolute Gasteiger partial charge is 0.407 e. The van der Waals surface area contributed by atoms with Gasteiger partial charge in [0.25, 0.3) is 0 Å². The van der Waals surface area contributed by atoms with E-state index in [0.717, 1.165) is 5.01 Å². The summed E-state index contributed by atoms with van der Waals surface area (Å²) in [5.41, 5.74) is 0. The summed E-state index contributed by atoms with van der Waals surface area (Å²) >= 11 is 1.47. The van der Waals surface area contributed by atoms with Crippen LogP contribution in [0, 0.1) is 6.92 Å². The molecule has 11 heavy (non-hydrogen) atoms. The molecule has 1 aromatic heterocycles. The van der Waals surface area contributed by atoms with Crippen molar-refractivity contribution in [3.63, 3.8) is 0 Å². The van der Waals surface area contributed by atoms with Gasteiger partial charge in [0.05, 0.1) is 10.4 Å². The van der Waals surface area contributed by atoms with Gasteiger partial charge in [0.2, 0.25) is 5.88 Å². The lowest BCUT2D eigenvalue weighted by Crippen LogP contribution is -2.05. The third kappa shape index (κ3) is 2.31. The lowest BCUT2D eigenvalue weighted by atomic mass is 10.5. The van der Waals surface area contributed by atoms with Crippen molar-refractivity contribution in [2.75, 3.05) is 0 Å². The van der Waals surface area contributed by atoms with Crippen LogP contribution in [0.3, 0.4) is 0 Å². The van der Waals surface area contributed by atoms with E-state index in [2.05, 4.69) is 4.98 Å². The van der Waals surface area contributed by atoms with Crippen molar-refractivity contribution in [1.82, 2.24) is 4.98 Å². The van der Waals surface area contributed by atoms with E-state index in [9.17, 15) is 4.79 Å². The zero-order valence-corrected chi connectivity index (χ0v) is 7.27. The maximum Gasteiger partial charge on any atom is 0.312 e. The molecular formula is C7H9NO2S. The van der Waals surface area contributed by atoms with Crippen LogP contribution in [0.4, 0.5) is 0 Å². The van der Waals surface area contributed by atoms with E-state index in [1.807, 2.05) is 6.92 Å². The first-order valence-electron chi connectivity index (χ1n) is 3.35. The van der Waals surface area contributed by atoms with Gasteiger partial charge in [0.1, 0.15) is 0 Å². The molecule has 0 spiro atoms. The van der Waals surface area contributed by atoms with Gasteiger partial charge in [-0.2, -0.15) is 0 Å². The SMILES string of the molecule is CCC(=O)Oc1csc(C)n1. The number of hydrogen-bond donors (Lipinski definition) is 0. The molecule has 0 N–H and O–H groups in total. The minimum atomic E-state index is -0.240. The number of thiazole rings is 1. The molecule has 1 heterocycles. The fraction of sp³-hybridized carbons (Fsp3) is 0.429. The molecule has 1 aromatic rings.